The topological polar surface area (TPSA) is 133 Å². The quantitative estimate of drug-likeness (QED) is 0.339. The lowest BCUT2D eigenvalue weighted by Gasteiger charge is -2.24. The highest BCUT2D eigenvalue weighted by Gasteiger charge is 2.28. The first kappa shape index (κ1) is 23.9. The molecule has 1 amide bonds. The number of aromatic nitrogens is 3. The third kappa shape index (κ3) is 5.28. The maximum absolute atomic E-state index is 14.9. The molecule has 0 unspecified atom stereocenters. The van der Waals surface area contributed by atoms with E-state index in [1.807, 2.05) is 36.7 Å². The number of nitrogens with one attached hydrogen (secondary N) is 2. The van der Waals surface area contributed by atoms with E-state index < -0.39 is 11.7 Å². The maximum Gasteiger partial charge on any atom is 0.252 e. The van der Waals surface area contributed by atoms with Crippen molar-refractivity contribution < 1.29 is 13.9 Å². The van der Waals surface area contributed by atoms with Crippen molar-refractivity contribution in [2.24, 2.45) is 17.4 Å². The molecule has 1 aliphatic rings. The van der Waals surface area contributed by atoms with Crippen molar-refractivity contribution in [2.45, 2.75) is 51.7 Å². The predicted octanol–water partition coefficient (Wildman–Crippen LogP) is 3.30. The lowest BCUT2D eigenvalue weighted by atomic mass is 10.0. The van der Waals surface area contributed by atoms with Crippen LogP contribution in [-0.4, -0.2) is 46.5 Å². The fourth-order valence-corrected chi connectivity index (χ4v) is 4.07. The largest absolute Gasteiger partial charge is 0.383 e. The number of nitrogens with zero attached hydrogens (tertiary/aromatic N) is 3. The predicted molar refractivity (Wildman–Crippen MR) is 131 cm³/mol. The molecule has 1 fully saturated rings. The number of amides is 1. The van der Waals surface area contributed by atoms with E-state index in [0.717, 1.165) is 41.9 Å². The van der Waals surface area contributed by atoms with Crippen molar-refractivity contribution in [3.05, 3.63) is 41.3 Å². The number of carbonyl (C=O) groups excluding carboxylic acids is 1. The number of hydrogen-bond acceptors (Lipinski definition) is 7. The van der Waals surface area contributed by atoms with Crippen LogP contribution in [0.15, 0.2) is 24.3 Å². The van der Waals surface area contributed by atoms with Crippen LogP contribution in [0.3, 0.4) is 0 Å². The number of carbonyl (C=O) groups is 1. The second kappa shape index (κ2) is 9.94. The number of anilines is 3. The Hall–Kier alpha value is -3.24. The van der Waals surface area contributed by atoms with Crippen molar-refractivity contribution >= 4 is 34.1 Å². The molecule has 0 radical (unpaired) electrons. The van der Waals surface area contributed by atoms with Crippen LogP contribution in [0.25, 0.3) is 10.9 Å². The maximum atomic E-state index is 14.9. The molecule has 9 nitrogen and oxygen atoms in total. The highest BCUT2D eigenvalue weighted by atomic mass is 19.1. The third-order valence-electron chi connectivity index (χ3n) is 6.19. The Labute approximate surface area is 198 Å². The van der Waals surface area contributed by atoms with Gasteiger partial charge >= 0.3 is 0 Å². The van der Waals surface area contributed by atoms with Crippen LogP contribution in [0.2, 0.25) is 0 Å². The lowest BCUT2D eigenvalue weighted by Crippen LogP contribution is -2.39. The average Bonchev–Trinajstić information content (AvgIpc) is 3.56. The number of rotatable bonds is 11. The Bertz CT molecular complexity index is 1190. The number of benzene rings is 1. The molecule has 1 aromatic carbocycles. The molecule has 3 aromatic rings. The molecule has 2 aromatic heterocycles. The van der Waals surface area contributed by atoms with Gasteiger partial charge in [-0.3, -0.25) is 9.48 Å². The Morgan fingerprint density at radius 2 is 2.09 bits per heavy atom. The molecule has 0 saturated heterocycles. The standard InChI is InChI=1S/C24H32FN7O2/c1-13(26)20(10-15-4-5-15)29-24-19(25)12-18(22(27)33)23(30-24)28-16-6-7-17-14(2)31-32(8-9-34-3)21(17)11-16/h6-7,11-13,15,20H,4-5,8-10,26H2,1-3H3,(H2,27,33)(H2,28,29,30)/t13-,20+/m0/s1. The Balaban J connectivity index is 1.66. The Morgan fingerprint density at radius 1 is 1.32 bits per heavy atom. The van der Waals surface area contributed by atoms with Crippen molar-refractivity contribution in [1.29, 1.82) is 0 Å². The number of methoxy groups -OCH3 is 1. The minimum absolute atomic E-state index is 0.0354. The number of fused-ring (bicyclic) bond motifs is 1. The normalized spacial score (nSPS) is 15.3. The number of nitrogens with two attached hydrogens (primary N) is 2. The summed E-state index contributed by atoms with van der Waals surface area (Å²) in [5, 5.41) is 11.9. The van der Waals surface area contributed by atoms with Gasteiger partial charge in [0.05, 0.1) is 29.9 Å². The number of halogens is 1. The summed E-state index contributed by atoms with van der Waals surface area (Å²) in [6, 6.07) is 6.51. The number of pyridine rings is 1. The monoisotopic (exact) mass is 469 g/mol. The van der Waals surface area contributed by atoms with Gasteiger partial charge < -0.3 is 26.8 Å². The molecular weight excluding hydrogens is 437 g/mol. The molecule has 0 aliphatic heterocycles. The minimum Gasteiger partial charge on any atom is -0.383 e. The van der Waals surface area contributed by atoms with Gasteiger partial charge in [-0.1, -0.05) is 12.8 Å². The number of hydrogen-bond donors (Lipinski definition) is 4. The molecule has 1 aliphatic carbocycles. The third-order valence-corrected chi connectivity index (χ3v) is 6.19. The molecule has 0 bridgehead atoms. The van der Waals surface area contributed by atoms with Crippen LogP contribution in [0.5, 0.6) is 0 Å². The summed E-state index contributed by atoms with van der Waals surface area (Å²) in [5.74, 6) is -0.608. The van der Waals surface area contributed by atoms with Crippen LogP contribution in [0, 0.1) is 18.7 Å². The summed E-state index contributed by atoms with van der Waals surface area (Å²) in [6.45, 7) is 4.95. The zero-order chi connectivity index (χ0) is 24.4. The van der Waals surface area contributed by atoms with Gasteiger partial charge in [-0.25, -0.2) is 9.37 Å². The van der Waals surface area contributed by atoms with E-state index in [1.165, 1.54) is 0 Å². The minimum atomic E-state index is -0.774. The average molecular weight is 470 g/mol. The van der Waals surface area contributed by atoms with E-state index in [2.05, 4.69) is 20.7 Å². The van der Waals surface area contributed by atoms with Crippen LogP contribution in [-0.2, 0) is 11.3 Å². The molecule has 182 valence electrons. The van der Waals surface area contributed by atoms with E-state index in [0.29, 0.717) is 24.8 Å². The van der Waals surface area contributed by atoms with Gasteiger partial charge in [0, 0.05) is 30.3 Å². The van der Waals surface area contributed by atoms with Gasteiger partial charge in [-0.15, -0.1) is 0 Å². The summed E-state index contributed by atoms with van der Waals surface area (Å²) in [7, 11) is 1.64. The van der Waals surface area contributed by atoms with Gasteiger partial charge in [0.15, 0.2) is 11.6 Å². The molecule has 0 spiro atoms. The molecule has 2 heterocycles. The first-order valence-corrected chi connectivity index (χ1v) is 11.5. The van der Waals surface area contributed by atoms with Gasteiger partial charge in [-0.05, 0) is 50.5 Å². The summed E-state index contributed by atoms with van der Waals surface area (Å²) in [5.41, 5.74) is 14.1. The van der Waals surface area contributed by atoms with Crippen molar-refractivity contribution in [2.75, 3.05) is 24.4 Å². The smallest absolute Gasteiger partial charge is 0.252 e. The van der Waals surface area contributed by atoms with Crippen LogP contribution >= 0.6 is 0 Å². The van der Waals surface area contributed by atoms with E-state index in [4.69, 9.17) is 16.2 Å². The summed E-state index contributed by atoms with van der Waals surface area (Å²) in [6.07, 6.45) is 3.18. The summed E-state index contributed by atoms with van der Waals surface area (Å²) < 4.78 is 21.9. The number of aryl methyl sites for hydroxylation is 1. The molecule has 10 heteroatoms. The highest BCUT2D eigenvalue weighted by molar-refractivity contribution is 5.99. The van der Waals surface area contributed by atoms with E-state index in [9.17, 15) is 9.18 Å². The zero-order valence-corrected chi connectivity index (χ0v) is 19.8. The molecular formula is C24H32FN7O2. The zero-order valence-electron chi connectivity index (χ0n) is 19.8. The highest BCUT2D eigenvalue weighted by Crippen LogP contribution is 2.35. The second-order valence-electron chi connectivity index (χ2n) is 9.03. The van der Waals surface area contributed by atoms with Crippen molar-refractivity contribution in [1.82, 2.24) is 14.8 Å². The number of primary amides is 1. The van der Waals surface area contributed by atoms with E-state index in [1.54, 1.807) is 7.11 Å². The van der Waals surface area contributed by atoms with Gasteiger partial charge in [0.2, 0.25) is 0 Å². The molecule has 6 N–H and O–H groups in total. The molecule has 34 heavy (non-hydrogen) atoms. The molecule has 1 saturated carbocycles. The van der Waals surface area contributed by atoms with E-state index in [-0.39, 0.29) is 29.3 Å². The fourth-order valence-electron chi connectivity index (χ4n) is 4.07. The van der Waals surface area contributed by atoms with Crippen LogP contribution in [0.4, 0.5) is 21.7 Å². The van der Waals surface area contributed by atoms with Gasteiger partial charge in [0.25, 0.3) is 5.91 Å². The summed E-state index contributed by atoms with van der Waals surface area (Å²) >= 11 is 0. The van der Waals surface area contributed by atoms with Gasteiger partial charge in [0.1, 0.15) is 5.82 Å². The summed E-state index contributed by atoms with van der Waals surface area (Å²) in [4.78, 5) is 16.5. The van der Waals surface area contributed by atoms with Crippen LogP contribution < -0.4 is 22.1 Å². The first-order chi connectivity index (χ1) is 16.3. The Kier molecular flexibility index (Phi) is 6.99. The first-order valence-electron chi connectivity index (χ1n) is 11.5. The Morgan fingerprint density at radius 3 is 2.74 bits per heavy atom. The number of ether oxygens (including phenoxy) is 1. The van der Waals surface area contributed by atoms with Crippen molar-refractivity contribution in [3.63, 3.8) is 0 Å². The van der Waals surface area contributed by atoms with Crippen molar-refractivity contribution in [3.8, 4) is 0 Å². The molecule has 2 atom stereocenters. The van der Waals surface area contributed by atoms with Gasteiger partial charge in [-0.2, -0.15) is 5.10 Å². The fraction of sp³-hybridized carbons (Fsp3) is 0.458. The SMILES string of the molecule is COCCn1nc(C)c2ccc(Nc3nc(N[C@H](CC4CC4)[C@H](C)N)c(F)cc3C(N)=O)cc21. The van der Waals surface area contributed by atoms with E-state index >= 15 is 0 Å². The second-order valence-corrected chi connectivity index (χ2v) is 9.03. The molecule has 4 rings (SSSR count). The lowest BCUT2D eigenvalue weighted by molar-refractivity contribution is 0.100. The van der Waals surface area contributed by atoms with Crippen LogP contribution in [0.1, 0.15) is 42.2 Å².